The lowest BCUT2D eigenvalue weighted by molar-refractivity contribution is 0.0344. The first-order valence-electron chi connectivity index (χ1n) is 11.7. The van der Waals surface area contributed by atoms with Gasteiger partial charge < -0.3 is 24.4 Å². The first-order valence-corrected chi connectivity index (χ1v) is 11.7. The quantitative estimate of drug-likeness (QED) is 0.643. The SMILES string of the molecule is CC(C)(CCN1CCOCC1)NC(=O)Oc1ccc(N2CCCC2)c(OCC2CC2)n1. The number of anilines is 1. The Morgan fingerprint density at radius 2 is 1.94 bits per heavy atom. The maximum absolute atomic E-state index is 12.5. The number of amides is 1. The number of hydrogen-bond donors (Lipinski definition) is 1. The van der Waals surface area contributed by atoms with Crippen LogP contribution < -0.4 is 19.7 Å². The summed E-state index contributed by atoms with van der Waals surface area (Å²) in [5, 5.41) is 2.98. The number of ether oxygens (including phenoxy) is 3. The lowest BCUT2D eigenvalue weighted by Crippen LogP contribution is -2.48. The van der Waals surface area contributed by atoms with Crippen LogP contribution in [-0.2, 0) is 4.74 Å². The molecule has 1 saturated carbocycles. The van der Waals surface area contributed by atoms with E-state index < -0.39 is 6.09 Å². The number of carbonyl (C=O) groups is 1. The molecule has 31 heavy (non-hydrogen) atoms. The van der Waals surface area contributed by atoms with E-state index in [-0.39, 0.29) is 11.4 Å². The Hall–Kier alpha value is -2.06. The summed E-state index contributed by atoms with van der Waals surface area (Å²) >= 11 is 0. The minimum Gasteiger partial charge on any atom is -0.476 e. The molecule has 2 aliphatic heterocycles. The molecule has 1 aliphatic carbocycles. The summed E-state index contributed by atoms with van der Waals surface area (Å²) in [4.78, 5) is 21.7. The summed E-state index contributed by atoms with van der Waals surface area (Å²) in [6.45, 7) is 11.1. The molecule has 1 amide bonds. The molecule has 4 rings (SSSR count). The number of pyridine rings is 1. The van der Waals surface area contributed by atoms with E-state index in [4.69, 9.17) is 14.2 Å². The fourth-order valence-electron chi connectivity index (χ4n) is 3.98. The second-order valence-electron chi connectivity index (χ2n) is 9.52. The Labute approximate surface area is 185 Å². The Balaban J connectivity index is 1.33. The van der Waals surface area contributed by atoms with Crippen molar-refractivity contribution in [2.45, 2.75) is 51.5 Å². The van der Waals surface area contributed by atoms with Crippen molar-refractivity contribution in [1.29, 1.82) is 0 Å². The molecule has 0 unspecified atom stereocenters. The van der Waals surface area contributed by atoms with Crippen molar-refractivity contribution in [3.63, 3.8) is 0 Å². The molecule has 3 heterocycles. The van der Waals surface area contributed by atoms with Crippen LogP contribution in [0.25, 0.3) is 0 Å². The van der Waals surface area contributed by atoms with E-state index in [1.807, 2.05) is 19.9 Å². The van der Waals surface area contributed by atoms with Crippen molar-refractivity contribution >= 4 is 11.8 Å². The lowest BCUT2D eigenvalue weighted by Gasteiger charge is -2.31. The molecule has 0 spiro atoms. The van der Waals surface area contributed by atoms with E-state index in [9.17, 15) is 4.79 Å². The van der Waals surface area contributed by atoms with Gasteiger partial charge in [0.05, 0.1) is 19.8 Å². The van der Waals surface area contributed by atoms with Gasteiger partial charge in [-0.3, -0.25) is 4.90 Å². The smallest absolute Gasteiger partial charge is 0.414 e. The van der Waals surface area contributed by atoms with Crippen LogP contribution in [0.3, 0.4) is 0 Å². The highest BCUT2D eigenvalue weighted by molar-refractivity contribution is 5.71. The topological polar surface area (TPSA) is 76.2 Å². The van der Waals surface area contributed by atoms with Crippen LogP contribution >= 0.6 is 0 Å². The van der Waals surface area contributed by atoms with E-state index in [1.165, 1.54) is 25.7 Å². The molecule has 8 nitrogen and oxygen atoms in total. The average Bonchev–Trinajstić information content (AvgIpc) is 3.43. The third-order valence-corrected chi connectivity index (χ3v) is 6.21. The van der Waals surface area contributed by atoms with Gasteiger partial charge in [0, 0.05) is 44.3 Å². The summed E-state index contributed by atoms with van der Waals surface area (Å²) in [6.07, 6.45) is 5.15. The minimum absolute atomic E-state index is 0.273. The van der Waals surface area contributed by atoms with Crippen LogP contribution in [0.5, 0.6) is 11.8 Å². The number of nitrogens with one attached hydrogen (secondary N) is 1. The molecule has 3 aliphatic rings. The van der Waals surface area contributed by atoms with E-state index in [1.54, 1.807) is 6.07 Å². The summed E-state index contributed by atoms with van der Waals surface area (Å²) in [6, 6.07) is 3.73. The number of rotatable bonds is 9. The third kappa shape index (κ3) is 6.71. The largest absolute Gasteiger partial charge is 0.476 e. The zero-order valence-electron chi connectivity index (χ0n) is 18.9. The molecule has 0 aromatic carbocycles. The highest BCUT2D eigenvalue weighted by Crippen LogP contribution is 2.34. The number of nitrogens with zero attached hydrogens (tertiary/aromatic N) is 3. The van der Waals surface area contributed by atoms with Crippen molar-refractivity contribution in [3.05, 3.63) is 12.1 Å². The van der Waals surface area contributed by atoms with Crippen LogP contribution in [0.15, 0.2) is 12.1 Å². The van der Waals surface area contributed by atoms with Gasteiger partial charge in [0.15, 0.2) is 0 Å². The van der Waals surface area contributed by atoms with Crippen molar-refractivity contribution in [3.8, 4) is 11.8 Å². The first-order chi connectivity index (χ1) is 15.0. The fraction of sp³-hybridized carbons (Fsp3) is 0.739. The maximum atomic E-state index is 12.5. The average molecular weight is 433 g/mol. The molecular weight excluding hydrogens is 396 g/mol. The Morgan fingerprint density at radius 3 is 2.65 bits per heavy atom. The van der Waals surface area contributed by atoms with Crippen LogP contribution in [0.1, 0.15) is 46.0 Å². The van der Waals surface area contributed by atoms with Gasteiger partial charge in [-0.1, -0.05) is 0 Å². The van der Waals surface area contributed by atoms with Gasteiger partial charge in [0.25, 0.3) is 0 Å². The molecule has 2 saturated heterocycles. The molecule has 0 atom stereocenters. The van der Waals surface area contributed by atoms with E-state index in [0.29, 0.717) is 18.4 Å². The second-order valence-corrected chi connectivity index (χ2v) is 9.52. The molecule has 0 radical (unpaired) electrons. The van der Waals surface area contributed by atoms with Gasteiger partial charge in [0.2, 0.25) is 11.8 Å². The van der Waals surface area contributed by atoms with Gasteiger partial charge in [-0.05, 0) is 57.9 Å². The Kier molecular flexibility index (Phi) is 7.17. The van der Waals surface area contributed by atoms with Crippen LogP contribution in [0, 0.1) is 5.92 Å². The summed E-state index contributed by atoms with van der Waals surface area (Å²) in [5.74, 6) is 1.48. The van der Waals surface area contributed by atoms with E-state index >= 15 is 0 Å². The predicted octanol–water partition coefficient (Wildman–Crippen LogP) is 3.06. The zero-order chi connectivity index (χ0) is 21.7. The summed E-state index contributed by atoms with van der Waals surface area (Å²) in [5.41, 5.74) is 0.618. The molecule has 3 fully saturated rings. The van der Waals surface area contributed by atoms with Crippen molar-refractivity contribution < 1.29 is 19.0 Å². The zero-order valence-corrected chi connectivity index (χ0v) is 18.9. The third-order valence-electron chi connectivity index (χ3n) is 6.21. The Bertz CT molecular complexity index is 741. The van der Waals surface area contributed by atoms with Crippen molar-refractivity contribution in [2.75, 3.05) is 57.4 Å². The normalized spacial score (nSPS) is 20.0. The number of hydrogen-bond acceptors (Lipinski definition) is 7. The Morgan fingerprint density at radius 1 is 1.19 bits per heavy atom. The van der Waals surface area contributed by atoms with Gasteiger partial charge in [-0.2, -0.15) is 4.98 Å². The highest BCUT2D eigenvalue weighted by atomic mass is 16.6. The van der Waals surface area contributed by atoms with Gasteiger partial charge in [-0.15, -0.1) is 0 Å². The molecule has 1 aromatic rings. The van der Waals surface area contributed by atoms with Gasteiger partial charge >= 0.3 is 6.09 Å². The first kappa shape index (κ1) is 22.1. The van der Waals surface area contributed by atoms with Gasteiger partial charge in [-0.25, -0.2) is 4.79 Å². The van der Waals surface area contributed by atoms with Crippen LogP contribution in [-0.4, -0.2) is 74.1 Å². The second kappa shape index (κ2) is 10.0. The standard InChI is InChI=1S/C23H36N4O4/c1-23(2,9-12-26-13-15-29-16-14-26)25-22(28)31-20-8-7-19(27-10-3-4-11-27)21(24-20)30-17-18-5-6-18/h7-8,18H,3-6,9-17H2,1-2H3,(H,25,28). The van der Waals surface area contributed by atoms with E-state index in [0.717, 1.165) is 58.0 Å². The molecule has 172 valence electrons. The van der Waals surface area contributed by atoms with Gasteiger partial charge in [0.1, 0.15) is 5.69 Å². The molecule has 1 N–H and O–H groups in total. The molecule has 1 aromatic heterocycles. The fourth-order valence-corrected chi connectivity index (χ4v) is 3.98. The van der Waals surface area contributed by atoms with Crippen molar-refractivity contribution in [1.82, 2.24) is 15.2 Å². The van der Waals surface area contributed by atoms with E-state index in [2.05, 4.69) is 20.1 Å². The lowest BCUT2D eigenvalue weighted by atomic mass is 10.0. The molecule has 8 heteroatoms. The maximum Gasteiger partial charge on any atom is 0.414 e. The van der Waals surface area contributed by atoms with Crippen LogP contribution in [0.4, 0.5) is 10.5 Å². The highest BCUT2D eigenvalue weighted by Gasteiger charge is 2.26. The summed E-state index contributed by atoms with van der Waals surface area (Å²) < 4.78 is 16.9. The molecular formula is C23H36N4O4. The van der Waals surface area contributed by atoms with Crippen molar-refractivity contribution in [2.24, 2.45) is 5.92 Å². The number of aromatic nitrogens is 1. The monoisotopic (exact) mass is 432 g/mol. The number of morpholine rings is 1. The summed E-state index contributed by atoms with van der Waals surface area (Å²) in [7, 11) is 0. The minimum atomic E-state index is -0.485. The molecule has 0 bridgehead atoms. The predicted molar refractivity (Wildman–Crippen MR) is 119 cm³/mol. The number of carbonyl (C=O) groups excluding carboxylic acids is 1. The van der Waals surface area contributed by atoms with Crippen LogP contribution in [0.2, 0.25) is 0 Å².